The van der Waals surface area contributed by atoms with Crippen LogP contribution in [0.3, 0.4) is 0 Å². The van der Waals surface area contributed by atoms with E-state index < -0.39 is 6.10 Å². The number of rotatable bonds is 22. The second-order valence-electron chi connectivity index (χ2n) is 8.42. The fourth-order valence-electron chi connectivity index (χ4n) is 3.21. The van der Waals surface area contributed by atoms with Gasteiger partial charge < -0.3 is 14.6 Å². The third kappa shape index (κ3) is 21.6. The zero-order chi connectivity index (χ0) is 23.7. The molecule has 0 aliphatic carbocycles. The Balaban J connectivity index is 3.57. The SMILES string of the molecule is CCCCCC/C=C\C/C=C\CCCCCCCC(=O)OC(CO)COC(=O)CCCC. The number of hydrogen-bond acceptors (Lipinski definition) is 5. The Morgan fingerprint density at radius 3 is 1.91 bits per heavy atom. The summed E-state index contributed by atoms with van der Waals surface area (Å²) in [5.41, 5.74) is 0. The quantitative estimate of drug-likeness (QED) is 0.111. The molecule has 0 fully saturated rings. The molecule has 0 heterocycles. The van der Waals surface area contributed by atoms with Gasteiger partial charge in [0.05, 0.1) is 6.61 Å². The molecule has 186 valence electrons. The highest BCUT2D eigenvalue weighted by Crippen LogP contribution is 2.10. The first-order valence-corrected chi connectivity index (χ1v) is 12.9. The second kappa shape index (κ2) is 24.0. The van der Waals surface area contributed by atoms with Crippen LogP contribution in [0.2, 0.25) is 0 Å². The molecule has 1 unspecified atom stereocenters. The molecule has 0 aliphatic heterocycles. The highest BCUT2D eigenvalue weighted by atomic mass is 16.6. The van der Waals surface area contributed by atoms with E-state index in [0.29, 0.717) is 12.8 Å². The normalized spacial score (nSPS) is 12.5. The smallest absolute Gasteiger partial charge is 0.306 e. The maximum Gasteiger partial charge on any atom is 0.306 e. The minimum Gasteiger partial charge on any atom is -0.462 e. The average Bonchev–Trinajstić information content (AvgIpc) is 2.80. The van der Waals surface area contributed by atoms with Gasteiger partial charge in [0.2, 0.25) is 0 Å². The van der Waals surface area contributed by atoms with Gasteiger partial charge >= 0.3 is 11.9 Å². The van der Waals surface area contributed by atoms with Crippen molar-refractivity contribution in [2.24, 2.45) is 0 Å². The third-order valence-electron chi connectivity index (χ3n) is 5.25. The molecule has 0 aromatic rings. The van der Waals surface area contributed by atoms with Crippen molar-refractivity contribution in [1.29, 1.82) is 0 Å². The van der Waals surface area contributed by atoms with E-state index in [9.17, 15) is 14.7 Å². The molecule has 5 heteroatoms. The van der Waals surface area contributed by atoms with Gasteiger partial charge in [-0.05, 0) is 44.9 Å². The van der Waals surface area contributed by atoms with Gasteiger partial charge in [0.1, 0.15) is 6.61 Å². The lowest BCUT2D eigenvalue weighted by atomic mass is 10.1. The van der Waals surface area contributed by atoms with Gasteiger partial charge in [-0.15, -0.1) is 0 Å². The molecule has 0 bridgehead atoms. The topological polar surface area (TPSA) is 72.8 Å². The highest BCUT2D eigenvalue weighted by molar-refractivity contribution is 5.70. The molecule has 0 rings (SSSR count). The predicted molar refractivity (Wildman–Crippen MR) is 131 cm³/mol. The van der Waals surface area contributed by atoms with E-state index >= 15 is 0 Å². The predicted octanol–water partition coefficient (Wildman–Crippen LogP) is 6.83. The van der Waals surface area contributed by atoms with Crippen LogP contribution in [0.15, 0.2) is 24.3 Å². The van der Waals surface area contributed by atoms with Crippen LogP contribution in [0.5, 0.6) is 0 Å². The summed E-state index contributed by atoms with van der Waals surface area (Å²) in [5.74, 6) is -0.652. The number of carbonyl (C=O) groups excluding carboxylic acids is 2. The molecule has 0 aliphatic rings. The van der Waals surface area contributed by atoms with Crippen molar-refractivity contribution in [2.45, 2.75) is 123 Å². The van der Waals surface area contributed by atoms with E-state index in [1.165, 1.54) is 44.9 Å². The van der Waals surface area contributed by atoms with Gasteiger partial charge in [-0.3, -0.25) is 9.59 Å². The summed E-state index contributed by atoms with van der Waals surface area (Å²) >= 11 is 0. The van der Waals surface area contributed by atoms with Crippen molar-refractivity contribution >= 4 is 11.9 Å². The fraction of sp³-hybridized carbons (Fsp3) is 0.778. The Hall–Kier alpha value is -1.62. The van der Waals surface area contributed by atoms with E-state index in [1.807, 2.05) is 6.92 Å². The summed E-state index contributed by atoms with van der Waals surface area (Å²) in [6.45, 7) is 3.83. The van der Waals surface area contributed by atoms with E-state index in [-0.39, 0.29) is 25.2 Å². The number of carbonyl (C=O) groups is 2. The van der Waals surface area contributed by atoms with Crippen molar-refractivity contribution in [1.82, 2.24) is 0 Å². The molecule has 0 saturated carbocycles. The molecular weight excluding hydrogens is 404 g/mol. The zero-order valence-electron chi connectivity index (χ0n) is 20.7. The number of aliphatic hydroxyl groups is 1. The highest BCUT2D eigenvalue weighted by Gasteiger charge is 2.15. The van der Waals surface area contributed by atoms with Crippen LogP contribution >= 0.6 is 0 Å². The minimum atomic E-state index is -0.768. The van der Waals surface area contributed by atoms with Crippen molar-refractivity contribution in [3.05, 3.63) is 24.3 Å². The van der Waals surface area contributed by atoms with Crippen LogP contribution in [0.1, 0.15) is 117 Å². The second-order valence-corrected chi connectivity index (χ2v) is 8.42. The van der Waals surface area contributed by atoms with Crippen LogP contribution in [-0.4, -0.2) is 36.4 Å². The van der Waals surface area contributed by atoms with Gasteiger partial charge in [-0.25, -0.2) is 0 Å². The summed E-state index contributed by atoms with van der Waals surface area (Å²) in [4.78, 5) is 23.4. The third-order valence-corrected chi connectivity index (χ3v) is 5.25. The molecule has 0 saturated heterocycles. The molecule has 0 radical (unpaired) electrons. The number of ether oxygens (including phenoxy) is 2. The number of aliphatic hydroxyl groups excluding tert-OH is 1. The summed E-state index contributed by atoms with van der Waals surface area (Å²) in [6.07, 6.45) is 24.6. The van der Waals surface area contributed by atoms with Gasteiger partial charge in [0, 0.05) is 12.8 Å². The summed E-state index contributed by atoms with van der Waals surface area (Å²) in [7, 11) is 0. The largest absolute Gasteiger partial charge is 0.462 e. The number of allylic oxidation sites excluding steroid dienone is 4. The van der Waals surface area contributed by atoms with Crippen molar-refractivity contribution in [3.8, 4) is 0 Å². The molecule has 1 N–H and O–H groups in total. The van der Waals surface area contributed by atoms with Gasteiger partial charge in [-0.2, -0.15) is 0 Å². The number of unbranched alkanes of at least 4 members (excludes halogenated alkanes) is 10. The lowest BCUT2D eigenvalue weighted by Gasteiger charge is -2.15. The lowest BCUT2D eigenvalue weighted by Crippen LogP contribution is -2.28. The van der Waals surface area contributed by atoms with Crippen molar-refractivity contribution < 1.29 is 24.2 Å². The van der Waals surface area contributed by atoms with Gasteiger partial charge in [0.15, 0.2) is 6.10 Å². The maximum atomic E-state index is 11.9. The Labute approximate surface area is 196 Å². The van der Waals surface area contributed by atoms with Crippen LogP contribution < -0.4 is 0 Å². The summed E-state index contributed by atoms with van der Waals surface area (Å²) < 4.78 is 10.2. The van der Waals surface area contributed by atoms with E-state index in [0.717, 1.165) is 44.9 Å². The van der Waals surface area contributed by atoms with Crippen LogP contribution in [-0.2, 0) is 19.1 Å². The number of esters is 2. The molecule has 32 heavy (non-hydrogen) atoms. The monoisotopic (exact) mass is 452 g/mol. The van der Waals surface area contributed by atoms with Crippen molar-refractivity contribution in [3.63, 3.8) is 0 Å². The Morgan fingerprint density at radius 1 is 0.719 bits per heavy atom. The standard InChI is InChI=1S/C27H48O5/c1-3-5-7-8-9-10-11-12-13-14-15-16-17-18-19-20-22-27(30)32-25(23-28)24-31-26(29)21-6-4-2/h10-11,13-14,25,28H,3-9,12,15-24H2,1-2H3/b11-10-,14-13-. The number of hydrogen-bond donors (Lipinski definition) is 1. The van der Waals surface area contributed by atoms with E-state index in [4.69, 9.17) is 9.47 Å². The molecular formula is C27H48O5. The molecule has 1 atom stereocenters. The fourth-order valence-corrected chi connectivity index (χ4v) is 3.21. The Kier molecular flexibility index (Phi) is 22.8. The zero-order valence-corrected chi connectivity index (χ0v) is 20.7. The summed E-state index contributed by atoms with van der Waals surface area (Å²) in [5, 5.41) is 9.30. The molecule has 0 aromatic carbocycles. The Bertz CT molecular complexity index is 498. The minimum absolute atomic E-state index is 0.0763. The van der Waals surface area contributed by atoms with Crippen LogP contribution in [0.4, 0.5) is 0 Å². The molecule has 5 nitrogen and oxygen atoms in total. The van der Waals surface area contributed by atoms with Crippen LogP contribution in [0, 0.1) is 0 Å². The average molecular weight is 453 g/mol. The van der Waals surface area contributed by atoms with Gasteiger partial charge in [0.25, 0.3) is 0 Å². The van der Waals surface area contributed by atoms with E-state index in [2.05, 4.69) is 31.2 Å². The Morgan fingerprint density at radius 2 is 1.28 bits per heavy atom. The maximum absolute atomic E-state index is 11.9. The molecule has 0 aromatic heterocycles. The van der Waals surface area contributed by atoms with Crippen molar-refractivity contribution in [2.75, 3.05) is 13.2 Å². The first-order chi connectivity index (χ1) is 15.6. The summed E-state index contributed by atoms with van der Waals surface area (Å²) in [6, 6.07) is 0. The van der Waals surface area contributed by atoms with E-state index in [1.54, 1.807) is 0 Å². The van der Waals surface area contributed by atoms with Crippen LogP contribution in [0.25, 0.3) is 0 Å². The first kappa shape index (κ1) is 30.4. The lowest BCUT2D eigenvalue weighted by molar-refractivity contribution is -0.161. The molecule has 0 spiro atoms. The van der Waals surface area contributed by atoms with Gasteiger partial charge in [-0.1, -0.05) is 83.1 Å². The first-order valence-electron chi connectivity index (χ1n) is 12.9. The molecule has 0 amide bonds.